The second-order valence-electron chi connectivity index (χ2n) is 8.99. The third kappa shape index (κ3) is 1.74. The van der Waals surface area contributed by atoms with Crippen LogP contribution >= 0.6 is 0 Å². The van der Waals surface area contributed by atoms with E-state index in [2.05, 4.69) is 44.2 Å². The van der Waals surface area contributed by atoms with Crippen molar-refractivity contribution in [1.82, 2.24) is 4.57 Å². The van der Waals surface area contributed by atoms with Crippen LogP contribution in [-0.4, -0.2) is 14.8 Å². The molecule has 0 saturated heterocycles. The predicted molar refractivity (Wildman–Crippen MR) is 106 cm³/mol. The van der Waals surface area contributed by atoms with Gasteiger partial charge in [-0.15, -0.1) is 0 Å². The quantitative estimate of drug-likeness (QED) is 0.594. The van der Waals surface area contributed by atoms with Gasteiger partial charge in [0.15, 0.2) is 0 Å². The van der Waals surface area contributed by atoms with Gasteiger partial charge >= 0.3 is 0 Å². The van der Waals surface area contributed by atoms with Crippen LogP contribution in [0.1, 0.15) is 60.8 Å². The van der Waals surface area contributed by atoms with Crippen molar-refractivity contribution in [3.05, 3.63) is 52.6 Å². The number of hydrogen-bond donors (Lipinski definition) is 2. The zero-order chi connectivity index (χ0) is 18.4. The molecule has 3 heteroatoms. The van der Waals surface area contributed by atoms with E-state index >= 15 is 0 Å². The molecule has 1 aromatic heterocycles. The summed E-state index contributed by atoms with van der Waals surface area (Å²) in [7, 11) is 0. The molecule has 2 N–H and O–H groups in total. The highest BCUT2D eigenvalue weighted by Crippen LogP contribution is 2.72. The summed E-state index contributed by atoms with van der Waals surface area (Å²) in [5.74, 6) is 4.15. The molecule has 0 spiro atoms. The van der Waals surface area contributed by atoms with Crippen molar-refractivity contribution < 1.29 is 10.2 Å². The van der Waals surface area contributed by atoms with Crippen molar-refractivity contribution in [3.8, 4) is 17.4 Å². The van der Waals surface area contributed by atoms with Crippen molar-refractivity contribution in [2.24, 2.45) is 23.7 Å². The van der Waals surface area contributed by atoms with Gasteiger partial charge in [0.1, 0.15) is 0 Å². The van der Waals surface area contributed by atoms with Gasteiger partial charge in [-0.1, -0.05) is 44.2 Å². The average molecular weight is 361 g/mol. The molecule has 3 nitrogen and oxygen atoms in total. The minimum atomic E-state index is 0.302. The fraction of sp³-hybridized carbons (Fsp3) is 0.500. The number of aromatic nitrogens is 1. The van der Waals surface area contributed by atoms with E-state index in [1.165, 1.54) is 17.5 Å². The molecule has 1 heterocycles. The van der Waals surface area contributed by atoms with Crippen LogP contribution in [0.4, 0.5) is 0 Å². The number of aromatic hydroxyl groups is 2. The Morgan fingerprint density at radius 2 is 1.37 bits per heavy atom. The highest BCUT2D eigenvalue weighted by molar-refractivity contribution is 5.63. The molecule has 27 heavy (non-hydrogen) atoms. The molecule has 0 radical (unpaired) electrons. The molecular weight excluding hydrogens is 334 g/mol. The fourth-order valence-corrected chi connectivity index (χ4v) is 7.27. The van der Waals surface area contributed by atoms with Crippen LogP contribution in [0.5, 0.6) is 11.8 Å². The minimum Gasteiger partial charge on any atom is -0.494 e. The molecule has 2 aromatic rings. The van der Waals surface area contributed by atoms with E-state index in [1.807, 2.05) is 0 Å². The standard InChI is InChI=1S/C24H27NO2/c1-3-12-6-5-7-13(4-2)22(12)25-23(26)20-16-11-17(21(20)24(25)27)19-15-9-8-14(10-15)18(16)19/h5-9,14-19,26-27H,3-4,10-11H2,1-2H3. The van der Waals surface area contributed by atoms with Gasteiger partial charge in [0, 0.05) is 11.1 Å². The van der Waals surface area contributed by atoms with Gasteiger partial charge in [-0.25, -0.2) is 0 Å². The number of benzene rings is 1. The molecule has 6 rings (SSSR count). The van der Waals surface area contributed by atoms with Gasteiger partial charge < -0.3 is 10.2 Å². The highest BCUT2D eigenvalue weighted by atomic mass is 16.3. The number of allylic oxidation sites excluding steroid dienone is 2. The third-order valence-electron chi connectivity index (χ3n) is 8.15. The summed E-state index contributed by atoms with van der Waals surface area (Å²) in [6.45, 7) is 4.28. The second kappa shape index (κ2) is 5.21. The first kappa shape index (κ1) is 15.9. The summed E-state index contributed by atoms with van der Waals surface area (Å²) in [4.78, 5) is 0. The molecule has 0 amide bonds. The summed E-state index contributed by atoms with van der Waals surface area (Å²) >= 11 is 0. The Bertz CT molecular complexity index is 915. The van der Waals surface area contributed by atoms with Crippen molar-refractivity contribution >= 4 is 0 Å². The molecule has 4 bridgehead atoms. The summed E-state index contributed by atoms with van der Waals surface area (Å²) in [5.41, 5.74) is 5.49. The molecule has 2 saturated carbocycles. The van der Waals surface area contributed by atoms with Crippen LogP contribution in [0, 0.1) is 23.7 Å². The lowest BCUT2D eigenvalue weighted by molar-refractivity contribution is 0.298. The Kier molecular flexibility index (Phi) is 3.06. The summed E-state index contributed by atoms with van der Waals surface area (Å²) in [5, 5.41) is 22.6. The smallest absolute Gasteiger partial charge is 0.202 e. The lowest BCUT2D eigenvalue weighted by Gasteiger charge is -2.31. The maximum Gasteiger partial charge on any atom is 0.202 e. The number of rotatable bonds is 3. The van der Waals surface area contributed by atoms with Gasteiger partial charge in [-0.3, -0.25) is 4.57 Å². The highest BCUT2D eigenvalue weighted by Gasteiger charge is 2.62. The van der Waals surface area contributed by atoms with Crippen LogP contribution in [0.3, 0.4) is 0 Å². The molecule has 140 valence electrons. The monoisotopic (exact) mass is 361 g/mol. The summed E-state index contributed by atoms with van der Waals surface area (Å²) < 4.78 is 1.78. The Balaban J connectivity index is 1.57. The van der Waals surface area contributed by atoms with Crippen LogP contribution in [0.25, 0.3) is 5.69 Å². The number of aryl methyl sites for hydroxylation is 2. The molecule has 6 atom stereocenters. The average Bonchev–Trinajstić information content (AvgIpc) is 3.47. The Morgan fingerprint density at radius 3 is 1.85 bits per heavy atom. The van der Waals surface area contributed by atoms with E-state index in [1.54, 1.807) is 4.57 Å². The van der Waals surface area contributed by atoms with Crippen LogP contribution < -0.4 is 0 Å². The van der Waals surface area contributed by atoms with Gasteiger partial charge in [0.2, 0.25) is 11.8 Å². The van der Waals surface area contributed by atoms with Crippen molar-refractivity contribution in [2.75, 3.05) is 0 Å². The molecule has 6 unspecified atom stereocenters. The van der Waals surface area contributed by atoms with E-state index in [0.717, 1.165) is 36.1 Å². The molecule has 0 aliphatic heterocycles. The first-order chi connectivity index (χ1) is 13.2. The van der Waals surface area contributed by atoms with E-state index in [-0.39, 0.29) is 0 Å². The van der Waals surface area contributed by atoms with E-state index in [9.17, 15) is 10.2 Å². The Hall–Kier alpha value is -2.16. The zero-order valence-electron chi connectivity index (χ0n) is 16.0. The molecule has 2 fully saturated rings. The second-order valence-corrected chi connectivity index (χ2v) is 8.99. The van der Waals surface area contributed by atoms with E-state index in [4.69, 9.17) is 0 Å². The fourth-order valence-electron chi connectivity index (χ4n) is 7.27. The Morgan fingerprint density at radius 1 is 0.852 bits per heavy atom. The Labute approximate surface area is 160 Å². The van der Waals surface area contributed by atoms with Gasteiger partial charge in [-0.05, 0) is 72.3 Å². The van der Waals surface area contributed by atoms with Crippen LogP contribution in [-0.2, 0) is 12.8 Å². The zero-order valence-corrected chi connectivity index (χ0v) is 16.0. The normalized spacial score (nSPS) is 34.4. The summed E-state index contributed by atoms with van der Waals surface area (Å²) in [6.07, 6.45) is 9.01. The van der Waals surface area contributed by atoms with Gasteiger partial charge in [-0.2, -0.15) is 0 Å². The topological polar surface area (TPSA) is 45.4 Å². The number of nitrogens with zero attached hydrogens (tertiary/aromatic N) is 1. The van der Waals surface area contributed by atoms with Crippen molar-refractivity contribution in [1.29, 1.82) is 0 Å². The lowest BCUT2D eigenvalue weighted by atomic mass is 9.72. The van der Waals surface area contributed by atoms with Crippen LogP contribution in [0.15, 0.2) is 30.4 Å². The van der Waals surface area contributed by atoms with Gasteiger partial charge in [0.05, 0.1) is 5.69 Å². The largest absolute Gasteiger partial charge is 0.494 e. The first-order valence-electron chi connectivity index (χ1n) is 10.6. The predicted octanol–water partition coefficient (Wildman–Crippen LogP) is 5.04. The number of fused-ring (bicyclic) bond motifs is 12. The van der Waals surface area contributed by atoms with Crippen LogP contribution in [0.2, 0.25) is 0 Å². The molecule has 1 aromatic carbocycles. The maximum atomic E-state index is 11.3. The number of hydrogen-bond acceptors (Lipinski definition) is 2. The van der Waals surface area contributed by atoms with Gasteiger partial charge in [0.25, 0.3) is 0 Å². The molecular formula is C24H27NO2. The third-order valence-corrected chi connectivity index (χ3v) is 8.15. The first-order valence-corrected chi connectivity index (χ1v) is 10.6. The van der Waals surface area contributed by atoms with E-state index in [0.29, 0.717) is 47.3 Å². The van der Waals surface area contributed by atoms with Crippen molar-refractivity contribution in [3.63, 3.8) is 0 Å². The minimum absolute atomic E-state index is 0.302. The molecule has 4 aliphatic rings. The lowest BCUT2D eigenvalue weighted by Crippen LogP contribution is -2.24. The maximum absolute atomic E-state index is 11.3. The van der Waals surface area contributed by atoms with Crippen molar-refractivity contribution in [2.45, 2.75) is 51.4 Å². The molecule has 4 aliphatic carbocycles. The number of para-hydroxylation sites is 1. The van der Waals surface area contributed by atoms with E-state index < -0.39 is 0 Å². The SMILES string of the molecule is CCc1cccc(CC)c1-n1c(O)c2c(c1O)C1CC2C2C3C=CC(C3)C12. The summed E-state index contributed by atoms with van der Waals surface area (Å²) in [6, 6.07) is 6.32.